The Balaban J connectivity index is 1.58. The minimum absolute atomic E-state index is 0.0773. The first-order valence-corrected chi connectivity index (χ1v) is 11.0. The normalized spacial score (nSPS) is 11.2. The number of pyridine rings is 1. The number of carbonyl (C=O) groups is 2. The molecule has 9 nitrogen and oxygen atoms in total. The molecule has 3 N–H and O–H groups in total. The molecule has 158 valence electrons. The van der Waals surface area contributed by atoms with E-state index in [1.807, 2.05) is 40.4 Å². The molecular weight excluding hydrogens is 406 g/mol. The molecule has 0 spiro atoms. The second-order valence-electron chi connectivity index (χ2n) is 6.66. The second kappa shape index (κ2) is 9.40. The molecule has 1 aromatic carbocycles. The van der Waals surface area contributed by atoms with Crippen LogP contribution >= 0.6 is 0 Å². The standard InChI is InChI=1S/C20H23N5O4S/c1-2-3-11-21-20(27)24-30(28,29)17-9-7-15(8-10-17)23-19(26)13-16-14-25-12-5-4-6-18(25)22-16/h4-10,12,14H,2-3,11,13H2,1H3,(H,23,26)(H2,21,24,27). The SMILES string of the molecule is CCCCNC(=O)NS(=O)(=O)c1ccc(NC(=O)Cc2cn3ccccc3n2)cc1. The topological polar surface area (TPSA) is 122 Å². The van der Waals surface area contributed by atoms with Crippen molar-refractivity contribution in [2.75, 3.05) is 11.9 Å². The lowest BCUT2D eigenvalue weighted by molar-refractivity contribution is -0.115. The first kappa shape index (κ1) is 21.3. The van der Waals surface area contributed by atoms with Crippen molar-refractivity contribution in [1.82, 2.24) is 19.4 Å². The number of fused-ring (bicyclic) bond motifs is 1. The number of rotatable bonds is 8. The molecule has 0 saturated heterocycles. The minimum atomic E-state index is -3.99. The molecule has 0 aliphatic rings. The molecule has 3 amide bonds. The Labute approximate surface area is 174 Å². The third kappa shape index (κ3) is 5.57. The van der Waals surface area contributed by atoms with E-state index >= 15 is 0 Å². The molecule has 10 heteroatoms. The van der Waals surface area contributed by atoms with Gasteiger partial charge < -0.3 is 15.0 Å². The number of sulfonamides is 1. The van der Waals surface area contributed by atoms with Gasteiger partial charge in [-0.1, -0.05) is 19.4 Å². The number of hydrogen-bond donors (Lipinski definition) is 3. The van der Waals surface area contributed by atoms with Gasteiger partial charge >= 0.3 is 6.03 Å². The summed E-state index contributed by atoms with van der Waals surface area (Å²) in [6.45, 7) is 2.36. The van der Waals surface area contributed by atoms with E-state index in [4.69, 9.17) is 0 Å². The zero-order valence-corrected chi connectivity index (χ0v) is 17.3. The highest BCUT2D eigenvalue weighted by Gasteiger charge is 2.17. The van der Waals surface area contributed by atoms with Crippen molar-refractivity contribution in [3.8, 4) is 0 Å². The van der Waals surface area contributed by atoms with Gasteiger partial charge in [0, 0.05) is 24.6 Å². The van der Waals surface area contributed by atoms with Crippen molar-refractivity contribution < 1.29 is 18.0 Å². The van der Waals surface area contributed by atoms with Crippen LogP contribution in [0.2, 0.25) is 0 Å². The van der Waals surface area contributed by atoms with Gasteiger partial charge in [0.15, 0.2) is 0 Å². The lowest BCUT2D eigenvalue weighted by atomic mass is 10.3. The fourth-order valence-corrected chi connectivity index (χ4v) is 3.68. The van der Waals surface area contributed by atoms with Crippen LogP contribution in [0.4, 0.5) is 10.5 Å². The highest BCUT2D eigenvalue weighted by atomic mass is 32.2. The Morgan fingerprint density at radius 2 is 1.87 bits per heavy atom. The molecule has 0 unspecified atom stereocenters. The van der Waals surface area contributed by atoms with E-state index in [9.17, 15) is 18.0 Å². The maximum absolute atomic E-state index is 12.3. The van der Waals surface area contributed by atoms with Crippen LogP contribution in [-0.4, -0.2) is 36.3 Å². The van der Waals surface area contributed by atoms with Crippen molar-refractivity contribution in [1.29, 1.82) is 0 Å². The number of amides is 3. The van der Waals surface area contributed by atoms with Crippen molar-refractivity contribution >= 4 is 33.3 Å². The molecule has 3 aromatic rings. The number of hydrogen-bond acceptors (Lipinski definition) is 5. The Morgan fingerprint density at radius 1 is 1.10 bits per heavy atom. The van der Waals surface area contributed by atoms with E-state index < -0.39 is 16.1 Å². The zero-order valence-electron chi connectivity index (χ0n) is 16.5. The Kier molecular flexibility index (Phi) is 6.68. The number of imidazole rings is 1. The van der Waals surface area contributed by atoms with Gasteiger partial charge in [0.05, 0.1) is 17.0 Å². The van der Waals surface area contributed by atoms with Crippen LogP contribution in [0.1, 0.15) is 25.5 Å². The summed E-state index contributed by atoms with van der Waals surface area (Å²) >= 11 is 0. The monoisotopic (exact) mass is 429 g/mol. The molecule has 0 radical (unpaired) electrons. The molecule has 0 atom stereocenters. The number of unbranched alkanes of at least 4 members (excludes halogenated alkanes) is 1. The lowest BCUT2D eigenvalue weighted by Crippen LogP contribution is -2.39. The summed E-state index contributed by atoms with van der Waals surface area (Å²) in [5.74, 6) is -0.276. The number of aromatic nitrogens is 2. The number of anilines is 1. The van der Waals surface area contributed by atoms with Gasteiger partial charge in [-0.2, -0.15) is 0 Å². The van der Waals surface area contributed by atoms with Crippen molar-refractivity contribution in [2.45, 2.75) is 31.1 Å². The van der Waals surface area contributed by atoms with Gasteiger partial charge in [-0.15, -0.1) is 0 Å². The smallest absolute Gasteiger partial charge is 0.328 e. The molecule has 0 aliphatic heterocycles. The van der Waals surface area contributed by atoms with Gasteiger partial charge in [-0.05, 0) is 42.8 Å². The average Bonchev–Trinajstić information content (AvgIpc) is 3.10. The van der Waals surface area contributed by atoms with Crippen LogP contribution in [0, 0.1) is 0 Å². The number of urea groups is 1. The van der Waals surface area contributed by atoms with E-state index in [-0.39, 0.29) is 17.2 Å². The molecule has 0 aliphatic carbocycles. The van der Waals surface area contributed by atoms with Gasteiger partial charge in [-0.3, -0.25) is 4.79 Å². The van der Waals surface area contributed by atoms with Crippen molar-refractivity contribution in [3.63, 3.8) is 0 Å². The van der Waals surface area contributed by atoms with Gasteiger partial charge in [0.25, 0.3) is 10.0 Å². The van der Waals surface area contributed by atoms with Crippen molar-refractivity contribution in [2.24, 2.45) is 0 Å². The molecule has 0 fully saturated rings. The number of carbonyl (C=O) groups excluding carboxylic acids is 2. The summed E-state index contributed by atoms with van der Waals surface area (Å²) in [5, 5.41) is 5.19. The number of nitrogens with one attached hydrogen (secondary N) is 3. The highest BCUT2D eigenvalue weighted by molar-refractivity contribution is 7.90. The van der Waals surface area contributed by atoms with Crippen LogP contribution in [0.3, 0.4) is 0 Å². The minimum Gasteiger partial charge on any atom is -0.337 e. The molecule has 2 heterocycles. The molecule has 0 saturated carbocycles. The predicted molar refractivity (Wildman–Crippen MR) is 113 cm³/mol. The third-order valence-corrected chi connectivity index (χ3v) is 5.59. The molecular formula is C20H23N5O4S. The Bertz CT molecular complexity index is 1110. The lowest BCUT2D eigenvalue weighted by Gasteiger charge is -2.09. The maximum atomic E-state index is 12.3. The van der Waals surface area contributed by atoms with E-state index in [2.05, 4.69) is 15.6 Å². The van der Waals surface area contributed by atoms with Crippen LogP contribution in [0.5, 0.6) is 0 Å². The highest BCUT2D eigenvalue weighted by Crippen LogP contribution is 2.14. The first-order chi connectivity index (χ1) is 14.4. The fourth-order valence-electron chi connectivity index (χ4n) is 2.76. The maximum Gasteiger partial charge on any atom is 0.328 e. The number of benzene rings is 1. The van der Waals surface area contributed by atoms with Crippen LogP contribution in [-0.2, 0) is 21.2 Å². The van der Waals surface area contributed by atoms with Crippen LogP contribution < -0.4 is 15.4 Å². The van der Waals surface area contributed by atoms with Gasteiger partial charge in [0.1, 0.15) is 5.65 Å². The van der Waals surface area contributed by atoms with Gasteiger partial charge in [0.2, 0.25) is 5.91 Å². The summed E-state index contributed by atoms with van der Waals surface area (Å²) in [7, 11) is -3.99. The Morgan fingerprint density at radius 3 is 2.57 bits per heavy atom. The molecule has 2 aromatic heterocycles. The predicted octanol–water partition coefficient (Wildman–Crippen LogP) is 2.30. The van der Waals surface area contributed by atoms with Crippen LogP contribution in [0.15, 0.2) is 59.8 Å². The summed E-state index contributed by atoms with van der Waals surface area (Å²) < 4.78 is 28.3. The van der Waals surface area contributed by atoms with E-state index in [1.165, 1.54) is 24.3 Å². The Hall–Kier alpha value is -3.40. The summed E-state index contributed by atoms with van der Waals surface area (Å²) in [4.78, 5) is 28.3. The zero-order chi connectivity index (χ0) is 21.6. The summed E-state index contributed by atoms with van der Waals surface area (Å²) in [6.07, 6.45) is 5.36. The van der Waals surface area contributed by atoms with E-state index in [0.29, 0.717) is 17.9 Å². The first-order valence-electron chi connectivity index (χ1n) is 9.50. The molecule has 30 heavy (non-hydrogen) atoms. The summed E-state index contributed by atoms with van der Waals surface area (Å²) in [5.41, 5.74) is 1.81. The second-order valence-corrected chi connectivity index (χ2v) is 8.35. The quantitative estimate of drug-likeness (QED) is 0.474. The van der Waals surface area contributed by atoms with E-state index in [0.717, 1.165) is 18.5 Å². The third-order valence-electron chi connectivity index (χ3n) is 4.25. The average molecular weight is 430 g/mol. The van der Waals surface area contributed by atoms with E-state index in [1.54, 1.807) is 6.20 Å². The fraction of sp³-hybridized carbons (Fsp3) is 0.250. The van der Waals surface area contributed by atoms with Crippen LogP contribution in [0.25, 0.3) is 5.65 Å². The van der Waals surface area contributed by atoms with Crippen molar-refractivity contribution in [3.05, 3.63) is 60.6 Å². The molecule has 0 bridgehead atoms. The largest absolute Gasteiger partial charge is 0.337 e. The number of nitrogens with zero attached hydrogens (tertiary/aromatic N) is 2. The van der Waals surface area contributed by atoms with Gasteiger partial charge in [-0.25, -0.2) is 22.9 Å². The summed E-state index contributed by atoms with van der Waals surface area (Å²) in [6, 6.07) is 10.4. The molecule has 3 rings (SSSR count).